The highest BCUT2D eigenvalue weighted by Gasteiger charge is 2.11. The summed E-state index contributed by atoms with van der Waals surface area (Å²) in [6.07, 6.45) is 1.95. The van der Waals surface area contributed by atoms with E-state index in [1.165, 1.54) is 6.07 Å². The standard InChI is InChI=1S/C15H24FN3O/c1-5-6-9-17-15(20)18-12-7-8-14(13(16)10-12)19(4)11(2)3/h7-8,10-11H,5-6,9H2,1-4H3,(H2,17,18,20). The van der Waals surface area contributed by atoms with Crippen molar-refractivity contribution in [2.75, 3.05) is 23.8 Å². The highest BCUT2D eigenvalue weighted by Crippen LogP contribution is 2.23. The fourth-order valence-corrected chi connectivity index (χ4v) is 1.70. The zero-order valence-electron chi connectivity index (χ0n) is 12.7. The van der Waals surface area contributed by atoms with Gasteiger partial charge in [-0.2, -0.15) is 0 Å². The van der Waals surface area contributed by atoms with E-state index in [0.717, 1.165) is 12.8 Å². The van der Waals surface area contributed by atoms with Crippen LogP contribution < -0.4 is 15.5 Å². The van der Waals surface area contributed by atoms with Crippen LogP contribution in [0, 0.1) is 5.82 Å². The third-order valence-electron chi connectivity index (χ3n) is 3.18. The summed E-state index contributed by atoms with van der Waals surface area (Å²) in [6.45, 7) is 6.66. The molecule has 0 bridgehead atoms. The molecule has 1 rings (SSSR count). The van der Waals surface area contributed by atoms with E-state index in [-0.39, 0.29) is 17.9 Å². The van der Waals surface area contributed by atoms with Crippen LogP contribution in [0.4, 0.5) is 20.6 Å². The van der Waals surface area contributed by atoms with Crippen LogP contribution in [-0.4, -0.2) is 25.7 Å². The van der Waals surface area contributed by atoms with Crippen LogP contribution in [0.15, 0.2) is 18.2 Å². The molecule has 0 saturated heterocycles. The second-order valence-corrected chi connectivity index (χ2v) is 5.11. The molecule has 0 atom stereocenters. The van der Waals surface area contributed by atoms with Gasteiger partial charge in [0.2, 0.25) is 0 Å². The molecule has 2 amide bonds. The van der Waals surface area contributed by atoms with E-state index in [4.69, 9.17) is 0 Å². The predicted molar refractivity (Wildman–Crippen MR) is 81.9 cm³/mol. The lowest BCUT2D eigenvalue weighted by Gasteiger charge is -2.24. The minimum atomic E-state index is -0.340. The molecule has 0 aromatic heterocycles. The van der Waals surface area contributed by atoms with E-state index < -0.39 is 0 Å². The van der Waals surface area contributed by atoms with E-state index in [9.17, 15) is 9.18 Å². The van der Waals surface area contributed by atoms with Crippen LogP contribution >= 0.6 is 0 Å². The summed E-state index contributed by atoms with van der Waals surface area (Å²) < 4.78 is 14.0. The van der Waals surface area contributed by atoms with Crippen LogP contribution in [0.2, 0.25) is 0 Å². The van der Waals surface area contributed by atoms with Crippen molar-refractivity contribution in [3.63, 3.8) is 0 Å². The Balaban J connectivity index is 2.65. The van der Waals surface area contributed by atoms with Crippen molar-refractivity contribution in [1.82, 2.24) is 5.32 Å². The second-order valence-electron chi connectivity index (χ2n) is 5.11. The lowest BCUT2D eigenvalue weighted by Crippen LogP contribution is -2.29. The molecule has 0 spiro atoms. The summed E-state index contributed by atoms with van der Waals surface area (Å²) in [4.78, 5) is 13.4. The van der Waals surface area contributed by atoms with E-state index in [1.807, 2.05) is 25.8 Å². The van der Waals surface area contributed by atoms with Gasteiger partial charge in [0.15, 0.2) is 0 Å². The number of hydrogen-bond donors (Lipinski definition) is 2. The van der Waals surface area contributed by atoms with Gasteiger partial charge in [-0.05, 0) is 38.5 Å². The van der Waals surface area contributed by atoms with E-state index >= 15 is 0 Å². The fraction of sp³-hybridized carbons (Fsp3) is 0.533. The van der Waals surface area contributed by atoms with E-state index in [0.29, 0.717) is 17.9 Å². The lowest BCUT2D eigenvalue weighted by atomic mass is 10.2. The van der Waals surface area contributed by atoms with Crippen LogP contribution in [0.25, 0.3) is 0 Å². The summed E-state index contributed by atoms with van der Waals surface area (Å²) >= 11 is 0. The molecule has 2 N–H and O–H groups in total. The van der Waals surface area contributed by atoms with Gasteiger partial charge in [-0.25, -0.2) is 9.18 Å². The van der Waals surface area contributed by atoms with Crippen molar-refractivity contribution in [1.29, 1.82) is 0 Å². The first-order valence-corrected chi connectivity index (χ1v) is 7.03. The first kappa shape index (κ1) is 16.3. The van der Waals surface area contributed by atoms with Gasteiger partial charge in [0.1, 0.15) is 5.82 Å². The molecule has 0 radical (unpaired) electrons. The van der Waals surface area contributed by atoms with Gasteiger partial charge in [-0.3, -0.25) is 0 Å². The number of carbonyl (C=O) groups excluding carboxylic acids is 1. The molecule has 0 saturated carbocycles. The average molecular weight is 281 g/mol. The number of benzene rings is 1. The minimum absolute atomic E-state index is 0.209. The molecule has 1 aromatic rings. The molecule has 4 nitrogen and oxygen atoms in total. The SMILES string of the molecule is CCCCNC(=O)Nc1ccc(N(C)C(C)C)c(F)c1. The molecule has 0 unspecified atom stereocenters. The van der Waals surface area contributed by atoms with Crippen LogP contribution in [0.3, 0.4) is 0 Å². The van der Waals surface area contributed by atoms with Gasteiger partial charge in [-0.1, -0.05) is 13.3 Å². The molecule has 0 aliphatic heterocycles. The van der Waals surface area contributed by atoms with Crippen molar-refractivity contribution < 1.29 is 9.18 Å². The summed E-state index contributed by atoms with van der Waals surface area (Å²) in [5, 5.41) is 5.35. The minimum Gasteiger partial charge on any atom is -0.370 e. The van der Waals surface area contributed by atoms with Gasteiger partial charge in [0, 0.05) is 25.3 Å². The molecular formula is C15H24FN3O. The number of amides is 2. The van der Waals surface area contributed by atoms with Crippen molar-refractivity contribution in [2.24, 2.45) is 0 Å². The summed E-state index contributed by atoms with van der Waals surface area (Å²) in [5.41, 5.74) is 0.981. The number of anilines is 2. The van der Waals surface area contributed by atoms with Crippen LogP contribution in [0.5, 0.6) is 0 Å². The normalized spacial score (nSPS) is 10.5. The lowest BCUT2D eigenvalue weighted by molar-refractivity contribution is 0.252. The highest BCUT2D eigenvalue weighted by atomic mass is 19.1. The number of urea groups is 1. The van der Waals surface area contributed by atoms with Crippen molar-refractivity contribution in [3.8, 4) is 0 Å². The van der Waals surface area contributed by atoms with Crippen LogP contribution in [-0.2, 0) is 0 Å². The molecule has 20 heavy (non-hydrogen) atoms. The largest absolute Gasteiger partial charge is 0.370 e. The maximum absolute atomic E-state index is 14.0. The quantitative estimate of drug-likeness (QED) is 0.783. The number of nitrogens with zero attached hydrogens (tertiary/aromatic N) is 1. The van der Waals surface area contributed by atoms with Crippen molar-refractivity contribution >= 4 is 17.4 Å². The Labute approximate surface area is 120 Å². The Bertz CT molecular complexity index is 449. The zero-order valence-corrected chi connectivity index (χ0v) is 12.7. The first-order valence-electron chi connectivity index (χ1n) is 7.03. The molecule has 1 aromatic carbocycles. The number of nitrogens with one attached hydrogen (secondary N) is 2. The maximum atomic E-state index is 14.0. The predicted octanol–water partition coefficient (Wildman–Crippen LogP) is 3.59. The molecule has 0 aliphatic rings. The number of hydrogen-bond acceptors (Lipinski definition) is 2. The Kier molecular flexibility index (Phi) is 6.28. The topological polar surface area (TPSA) is 44.4 Å². The van der Waals surface area contributed by atoms with E-state index in [2.05, 4.69) is 17.6 Å². The Morgan fingerprint density at radius 2 is 2.10 bits per heavy atom. The molecule has 0 aliphatic carbocycles. The molecule has 0 fully saturated rings. The van der Waals surface area contributed by atoms with Gasteiger partial charge in [0.05, 0.1) is 5.69 Å². The van der Waals surface area contributed by atoms with Gasteiger partial charge < -0.3 is 15.5 Å². The number of rotatable bonds is 6. The summed E-state index contributed by atoms with van der Waals surface area (Å²) in [7, 11) is 1.84. The van der Waals surface area contributed by atoms with Crippen LogP contribution in [0.1, 0.15) is 33.6 Å². The summed E-state index contributed by atoms with van der Waals surface area (Å²) in [5.74, 6) is -0.340. The molecule has 112 valence electrons. The van der Waals surface area contributed by atoms with Gasteiger partial charge in [-0.15, -0.1) is 0 Å². The zero-order chi connectivity index (χ0) is 15.1. The number of halogens is 1. The van der Waals surface area contributed by atoms with Gasteiger partial charge >= 0.3 is 6.03 Å². The van der Waals surface area contributed by atoms with Crippen molar-refractivity contribution in [3.05, 3.63) is 24.0 Å². The Morgan fingerprint density at radius 3 is 2.65 bits per heavy atom. The number of unbranched alkanes of at least 4 members (excludes halogenated alkanes) is 1. The average Bonchev–Trinajstić information content (AvgIpc) is 2.38. The third kappa shape index (κ3) is 4.72. The summed E-state index contributed by atoms with van der Waals surface area (Å²) in [6, 6.07) is 4.63. The fourth-order valence-electron chi connectivity index (χ4n) is 1.70. The maximum Gasteiger partial charge on any atom is 0.319 e. The number of carbonyl (C=O) groups is 1. The second kappa shape index (κ2) is 7.72. The highest BCUT2D eigenvalue weighted by molar-refractivity contribution is 5.89. The monoisotopic (exact) mass is 281 g/mol. The van der Waals surface area contributed by atoms with Gasteiger partial charge in [0.25, 0.3) is 0 Å². The molecule has 0 heterocycles. The Hall–Kier alpha value is -1.78. The third-order valence-corrected chi connectivity index (χ3v) is 3.18. The molecular weight excluding hydrogens is 257 g/mol. The van der Waals surface area contributed by atoms with Crippen molar-refractivity contribution in [2.45, 2.75) is 39.7 Å². The molecule has 5 heteroatoms. The van der Waals surface area contributed by atoms with E-state index in [1.54, 1.807) is 12.1 Å². The first-order chi connectivity index (χ1) is 9.45. The smallest absolute Gasteiger partial charge is 0.319 e. The Morgan fingerprint density at radius 1 is 1.40 bits per heavy atom.